The quantitative estimate of drug-likeness (QED) is 0.782. The highest BCUT2D eigenvalue weighted by molar-refractivity contribution is 5.47. The molecule has 0 spiro atoms. The van der Waals surface area contributed by atoms with Gasteiger partial charge >= 0.3 is 6.18 Å². The summed E-state index contributed by atoms with van der Waals surface area (Å²) in [5.41, 5.74) is 0.401. The number of rotatable bonds is 3. The highest BCUT2D eigenvalue weighted by Gasteiger charge is 2.47. The maximum Gasteiger partial charge on any atom is 0.408 e. The predicted octanol–water partition coefficient (Wildman–Crippen LogP) is 2.81. The summed E-state index contributed by atoms with van der Waals surface area (Å²) >= 11 is 0. The number of hydrogen-bond donors (Lipinski definition) is 0. The molecule has 1 fully saturated rings. The number of halogens is 3. The van der Waals surface area contributed by atoms with Crippen molar-refractivity contribution in [1.29, 1.82) is 0 Å². The van der Waals surface area contributed by atoms with Gasteiger partial charge in [-0.05, 0) is 18.9 Å². The molecule has 0 saturated carbocycles. The highest BCUT2D eigenvalue weighted by atomic mass is 19.4. The smallest absolute Gasteiger partial charge is 0.375 e. The van der Waals surface area contributed by atoms with Crippen LogP contribution in [-0.2, 0) is 17.8 Å². The van der Waals surface area contributed by atoms with E-state index in [1.54, 1.807) is 24.3 Å². The Morgan fingerprint density at radius 2 is 1.97 bits per heavy atom. The number of aromatic nitrogens is 2. The molecule has 1 aromatic heterocycles. The Morgan fingerprint density at radius 3 is 2.66 bits per heavy atom. The van der Waals surface area contributed by atoms with Gasteiger partial charge < -0.3 is 14.5 Å². The molecule has 2 aromatic rings. The lowest BCUT2D eigenvalue weighted by Gasteiger charge is -2.40. The van der Waals surface area contributed by atoms with Gasteiger partial charge in [-0.2, -0.15) is 18.2 Å². The molecular weight excluding hydrogens is 385 g/mol. The number of fused-ring (bicyclic) bond motifs is 1. The van der Waals surface area contributed by atoms with Crippen LogP contribution in [0.5, 0.6) is 0 Å². The van der Waals surface area contributed by atoms with Crippen molar-refractivity contribution in [2.75, 3.05) is 29.5 Å². The van der Waals surface area contributed by atoms with Crippen LogP contribution in [0.25, 0.3) is 0 Å². The first kappa shape index (κ1) is 19.8. The van der Waals surface area contributed by atoms with Gasteiger partial charge in [-0.25, -0.2) is 0 Å². The SMILES string of the molecule is CC1CN(c2cc(=O)n3c(n2)N(Cc2ccccc2)[C@H](C(F)(F)F)CC3)CCO1. The van der Waals surface area contributed by atoms with Gasteiger partial charge in [0.1, 0.15) is 11.9 Å². The predicted molar refractivity (Wildman–Crippen MR) is 103 cm³/mol. The minimum absolute atomic E-state index is 0.00354. The first-order chi connectivity index (χ1) is 13.8. The molecule has 2 aliphatic rings. The summed E-state index contributed by atoms with van der Waals surface area (Å²) in [6.07, 6.45) is -4.63. The Hall–Kier alpha value is -2.55. The summed E-state index contributed by atoms with van der Waals surface area (Å²) in [6.45, 7) is 3.51. The van der Waals surface area contributed by atoms with E-state index in [0.29, 0.717) is 25.5 Å². The first-order valence-electron chi connectivity index (χ1n) is 9.68. The standard InChI is InChI=1S/C20H23F3N4O2/c1-14-12-25(9-10-29-14)17-11-18(28)26-8-7-16(20(21,22)23)27(19(26)24-17)13-15-5-3-2-4-6-15/h2-6,11,14,16H,7-10,12-13H2,1H3/t14?,16-/m0/s1. The molecule has 0 N–H and O–H groups in total. The third-order valence-electron chi connectivity index (χ3n) is 5.37. The van der Waals surface area contributed by atoms with Crippen LogP contribution in [0.3, 0.4) is 0 Å². The fourth-order valence-electron chi connectivity index (χ4n) is 3.95. The molecule has 3 heterocycles. The Bertz CT molecular complexity index is 916. The summed E-state index contributed by atoms with van der Waals surface area (Å²) in [5, 5.41) is 0. The number of nitrogens with zero attached hydrogens (tertiary/aromatic N) is 4. The zero-order valence-corrected chi connectivity index (χ0v) is 16.1. The Balaban J connectivity index is 1.76. The largest absolute Gasteiger partial charge is 0.408 e. The van der Waals surface area contributed by atoms with Crippen LogP contribution in [0.2, 0.25) is 0 Å². The molecule has 2 aliphatic heterocycles. The fraction of sp³-hybridized carbons (Fsp3) is 0.500. The summed E-state index contributed by atoms with van der Waals surface area (Å²) in [7, 11) is 0. The lowest BCUT2D eigenvalue weighted by atomic mass is 10.1. The molecule has 4 rings (SSSR count). The second-order valence-electron chi connectivity index (χ2n) is 7.49. The monoisotopic (exact) mass is 408 g/mol. The Kier molecular flexibility index (Phi) is 5.24. The van der Waals surface area contributed by atoms with Crippen molar-refractivity contribution in [2.24, 2.45) is 0 Å². The number of hydrogen-bond acceptors (Lipinski definition) is 5. The van der Waals surface area contributed by atoms with Gasteiger partial charge in [-0.3, -0.25) is 9.36 Å². The van der Waals surface area contributed by atoms with Crippen molar-refractivity contribution in [2.45, 2.75) is 44.8 Å². The second-order valence-corrected chi connectivity index (χ2v) is 7.49. The van der Waals surface area contributed by atoms with E-state index in [0.717, 1.165) is 5.56 Å². The van der Waals surface area contributed by atoms with Crippen molar-refractivity contribution in [3.63, 3.8) is 0 Å². The van der Waals surface area contributed by atoms with Crippen LogP contribution >= 0.6 is 0 Å². The van der Waals surface area contributed by atoms with Gasteiger partial charge in [0.05, 0.1) is 12.7 Å². The average Bonchev–Trinajstić information content (AvgIpc) is 2.68. The van der Waals surface area contributed by atoms with E-state index in [-0.39, 0.29) is 37.1 Å². The maximum atomic E-state index is 13.8. The average molecular weight is 408 g/mol. The molecule has 29 heavy (non-hydrogen) atoms. The second kappa shape index (κ2) is 7.70. The van der Waals surface area contributed by atoms with Crippen LogP contribution < -0.4 is 15.4 Å². The van der Waals surface area contributed by atoms with Gasteiger partial charge in [-0.1, -0.05) is 30.3 Å². The van der Waals surface area contributed by atoms with E-state index < -0.39 is 12.2 Å². The molecule has 156 valence electrons. The maximum absolute atomic E-state index is 13.8. The van der Waals surface area contributed by atoms with Gasteiger partial charge in [-0.15, -0.1) is 0 Å². The number of morpholine rings is 1. The molecule has 1 aromatic carbocycles. The van der Waals surface area contributed by atoms with E-state index in [2.05, 4.69) is 4.98 Å². The molecule has 9 heteroatoms. The number of ether oxygens (including phenoxy) is 1. The lowest BCUT2D eigenvalue weighted by Crippen LogP contribution is -2.52. The van der Waals surface area contributed by atoms with Crippen molar-refractivity contribution >= 4 is 11.8 Å². The topological polar surface area (TPSA) is 50.6 Å². The zero-order chi connectivity index (χ0) is 20.6. The van der Waals surface area contributed by atoms with Crippen LogP contribution in [-0.4, -0.2) is 47.6 Å². The van der Waals surface area contributed by atoms with Crippen LogP contribution in [0.1, 0.15) is 18.9 Å². The molecule has 0 radical (unpaired) electrons. The third-order valence-corrected chi connectivity index (χ3v) is 5.37. The minimum Gasteiger partial charge on any atom is -0.375 e. The van der Waals surface area contributed by atoms with Gasteiger partial charge in [0.25, 0.3) is 5.56 Å². The summed E-state index contributed by atoms with van der Waals surface area (Å²) in [4.78, 5) is 20.4. The van der Waals surface area contributed by atoms with Crippen molar-refractivity contribution in [3.05, 3.63) is 52.3 Å². The van der Waals surface area contributed by atoms with Crippen LogP contribution in [0, 0.1) is 0 Å². The fourth-order valence-corrected chi connectivity index (χ4v) is 3.95. The Labute approximate surface area is 166 Å². The van der Waals surface area contributed by atoms with Gasteiger partial charge in [0.2, 0.25) is 5.95 Å². The van der Waals surface area contributed by atoms with E-state index in [1.807, 2.05) is 17.9 Å². The molecule has 0 aliphatic carbocycles. The van der Waals surface area contributed by atoms with Crippen LogP contribution in [0.4, 0.5) is 24.9 Å². The van der Waals surface area contributed by atoms with Crippen LogP contribution in [0.15, 0.2) is 41.2 Å². The number of alkyl halides is 3. The number of benzene rings is 1. The summed E-state index contributed by atoms with van der Waals surface area (Å²) < 4.78 is 48.3. The normalized spacial score (nSPS) is 22.5. The third kappa shape index (κ3) is 4.10. The molecule has 0 amide bonds. The van der Waals surface area contributed by atoms with Crippen molar-refractivity contribution in [3.8, 4) is 0 Å². The van der Waals surface area contributed by atoms with Crippen molar-refractivity contribution < 1.29 is 17.9 Å². The molecule has 2 atom stereocenters. The molecular formula is C20H23F3N4O2. The number of anilines is 2. The summed E-state index contributed by atoms with van der Waals surface area (Å²) in [5.74, 6) is 0.473. The van der Waals surface area contributed by atoms with E-state index in [1.165, 1.54) is 15.5 Å². The van der Waals surface area contributed by atoms with E-state index in [9.17, 15) is 18.0 Å². The van der Waals surface area contributed by atoms with E-state index in [4.69, 9.17) is 4.74 Å². The Morgan fingerprint density at radius 1 is 1.21 bits per heavy atom. The lowest BCUT2D eigenvalue weighted by molar-refractivity contribution is -0.153. The van der Waals surface area contributed by atoms with Gasteiger partial charge in [0, 0.05) is 32.2 Å². The molecule has 1 saturated heterocycles. The molecule has 0 bridgehead atoms. The summed E-state index contributed by atoms with van der Waals surface area (Å²) in [6, 6.07) is 8.66. The van der Waals surface area contributed by atoms with E-state index >= 15 is 0 Å². The molecule has 6 nitrogen and oxygen atoms in total. The zero-order valence-electron chi connectivity index (χ0n) is 16.1. The minimum atomic E-state index is -4.42. The molecule has 1 unspecified atom stereocenters. The van der Waals surface area contributed by atoms with Crippen molar-refractivity contribution in [1.82, 2.24) is 9.55 Å². The van der Waals surface area contributed by atoms with Gasteiger partial charge in [0.15, 0.2) is 0 Å². The highest BCUT2D eigenvalue weighted by Crippen LogP contribution is 2.35. The first-order valence-corrected chi connectivity index (χ1v) is 9.68.